The Morgan fingerprint density at radius 2 is 1.97 bits per heavy atom. The molecule has 3 heterocycles. The van der Waals surface area contributed by atoms with Crippen molar-refractivity contribution in [3.8, 4) is 17.3 Å². The molecule has 0 bridgehead atoms. The third-order valence-electron chi connectivity index (χ3n) is 4.91. The number of thiophene rings is 1. The van der Waals surface area contributed by atoms with Gasteiger partial charge in [-0.3, -0.25) is 9.36 Å². The summed E-state index contributed by atoms with van der Waals surface area (Å²) in [4.78, 5) is 21.0. The number of halogens is 1. The number of carbonyl (C=O) groups excluding carboxylic acids is 1. The number of nitrogens with two attached hydrogens (primary N) is 2. The van der Waals surface area contributed by atoms with E-state index in [1.54, 1.807) is 54.6 Å². The van der Waals surface area contributed by atoms with Crippen LogP contribution in [0.5, 0.6) is 11.5 Å². The minimum atomic E-state index is -0.576. The van der Waals surface area contributed by atoms with Crippen LogP contribution >= 0.6 is 23.7 Å². The molecule has 0 radical (unpaired) electrons. The first-order valence-electron chi connectivity index (χ1n) is 9.43. The second-order valence-corrected chi connectivity index (χ2v) is 7.56. The normalized spacial score (nSPS) is 11.6. The minimum Gasteiger partial charge on any atom is -0.493 e. The molecule has 1 amide bonds. The van der Waals surface area contributed by atoms with Crippen molar-refractivity contribution in [2.75, 3.05) is 26.1 Å². The molecule has 168 valence electrons. The number of carbonyl (C=O) groups is 1. The van der Waals surface area contributed by atoms with Crippen molar-refractivity contribution in [2.24, 2.45) is 11.5 Å². The van der Waals surface area contributed by atoms with E-state index in [0.717, 1.165) is 11.1 Å². The lowest BCUT2D eigenvalue weighted by molar-refractivity contribution is 0.100. The van der Waals surface area contributed by atoms with Crippen LogP contribution in [0.3, 0.4) is 0 Å². The zero-order chi connectivity index (χ0) is 22.0. The van der Waals surface area contributed by atoms with E-state index in [1.807, 2.05) is 22.9 Å². The van der Waals surface area contributed by atoms with Crippen LogP contribution in [0.1, 0.15) is 22.0 Å². The lowest BCUT2D eigenvalue weighted by atomic mass is 10.1. The number of primary amides is 1. The number of pyridine rings is 1. The molecule has 0 saturated heterocycles. The molecule has 0 aliphatic heterocycles. The zero-order valence-corrected chi connectivity index (χ0v) is 19.1. The molecule has 5 N–H and O–H groups in total. The predicted molar refractivity (Wildman–Crippen MR) is 127 cm³/mol. The molecule has 1 atom stereocenters. The summed E-state index contributed by atoms with van der Waals surface area (Å²) < 4.78 is 12.5. The second-order valence-electron chi connectivity index (χ2n) is 6.78. The summed E-state index contributed by atoms with van der Waals surface area (Å²) in [7, 11) is 3.15. The van der Waals surface area contributed by atoms with Crippen LogP contribution in [0.15, 0.2) is 47.4 Å². The Morgan fingerprint density at radius 3 is 2.62 bits per heavy atom. The van der Waals surface area contributed by atoms with Crippen molar-refractivity contribution >= 4 is 46.5 Å². The molecule has 4 aromatic rings. The largest absolute Gasteiger partial charge is 0.493 e. The Labute approximate surface area is 194 Å². The SMILES string of the molecule is COc1cc2ncn(-c3ccc(C(N)=O)c(NC[C@H](N)c4ccsc4)n3)c2cc1OC.Cl. The van der Waals surface area contributed by atoms with E-state index >= 15 is 0 Å². The Morgan fingerprint density at radius 1 is 1.22 bits per heavy atom. The molecule has 0 fully saturated rings. The standard InChI is InChI=1S/C21H22N6O3S.ClH/c1-29-17-7-15-16(8-18(17)30-2)27(11-25-15)19-4-3-13(20(23)28)21(26-19)24-9-14(22)12-5-6-31-10-12;/h3-8,10-11,14H,9,22H2,1-2H3,(H2,23,28)(H,24,26);1H/t14-;/m0./s1. The third-order valence-corrected chi connectivity index (χ3v) is 5.61. The maximum absolute atomic E-state index is 11.9. The summed E-state index contributed by atoms with van der Waals surface area (Å²) in [6.07, 6.45) is 1.65. The molecule has 3 aromatic heterocycles. The molecule has 32 heavy (non-hydrogen) atoms. The van der Waals surface area contributed by atoms with Gasteiger partial charge in [0.1, 0.15) is 18.0 Å². The molecule has 4 rings (SSSR count). The number of imidazole rings is 1. The second kappa shape index (κ2) is 9.86. The van der Waals surface area contributed by atoms with E-state index in [0.29, 0.717) is 35.2 Å². The first-order chi connectivity index (χ1) is 15.0. The Balaban J connectivity index is 0.00000289. The van der Waals surface area contributed by atoms with Gasteiger partial charge in [-0.05, 0) is 34.5 Å². The van der Waals surface area contributed by atoms with Crippen LogP contribution in [0.2, 0.25) is 0 Å². The fourth-order valence-electron chi connectivity index (χ4n) is 3.25. The Kier molecular flexibility index (Phi) is 7.18. The molecule has 0 aliphatic rings. The van der Waals surface area contributed by atoms with E-state index in [9.17, 15) is 4.79 Å². The van der Waals surface area contributed by atoms with Crippen LogP contribution in [-0.2, 0) is 0 Å². The van der Waals surface area contributed by atoms with Crippen LogP contribution in [0.4, 0.5) is 5.82 Å². The molecular weight excluding hydrogens is 452 g/mol. The third kappa shape index (κ3) is 4.47. The van der Waals surface area contributed by atoms with E-state index in [2.05, 4.69) is 15.3 Å². The number of hydrogen-bond acceptors (Lipinski definition) is 8. The molecule has 11 heteroatoms. The number of fused-ring (bicyclic) bond motifs is 1. The van der Waals surface area contributed by atoms with E-state index in [-0.39, 0.29) is 24.0 Å². The number of methoxy groups -OCH3 is 2. The summed E-state index contributed by atoms with van der Waals surface area (Å²) in [5.41, 5.74) is 14.6. The fourth-order valence-corrected chi connectivity index (χ4v) is 3.97. The molecule has 9 nitrogen and oxygen atoms in total. The maximum atomic E-state index is 11.9. The molecule has 0 unspecified atom stereocenters. The number of rotatable bonds is 8. The summed E-state index contributed by atoms with van der Waals surface area (Å²) in [6.45, 7) is 0.392. The van der Waals surface area contributed by atoms with Gasteiger partial charge in [0.05, 0.1) is 30.8 Å². The highest BCUT2D eigenvalue weighted by atomic mass is 35.5. The molecule has 0 aliphatic carbocycles. The molecule has 0 spiro atoms. The highest BCUT2D eigenvalue weighted by Crippen LogP contribution is 2.32. The Bertz CT molecular complexity index is 1230. The van der Waals surface area contributed by atoms with Gasteiger partial charge in [-0.25, -0.2) is 9.97 Å². The highest BCUT2D eigenvalue weighted by Gasteiger charge is 2.16. The van der Waals surface area contributed by atoms with Gasteiger partial charge in [-0.15, -0.1) is 12.4 Å². The predicted octanol–water partition coefficient (Wildman–Crippen LogP) is 3.13. The van der Waals surface area contributed by atoms with Crippen LogP contribution in [-0.4, -0.2) is 41.2 Å². The Hall–Kier alpha value is -3.34. The number of nitrogens with zero attached hydrogens (tertiary/aromatic N) is 3. The van der Waals surface area contributed by atoms with E-state index in [4.69, 9.17) is 20.9 Å². The van der Waals surface area contributed by atoms with Crippen LogP contribution in [0.25, 0.3) is 16.9 Å². The lowest BCUT2D eigenvalue weighted by Gasteiger charge is -2.15. The van der Waals surface area contributed by atoms with Gasteiger partial charge in [-0.2, -0.15) is 11.3 Å². The van der Waals surface area contributed by atoms with Crippen molar-refractivity contribution in [1.82, 2.24) is 14.5 Å². The van der Waals surface area contributed by atoms with Gasteiger partial charge in [-0.1, -0.05) is 0 Å². The van der Waals surface area contributed by atoms with Gasteiger partial charge in [0.15, 0.2) is 11.5 Å². The average molecular weight is 475 g/mol. The highest BCUT2D eigenvalue weighted by molar-refractivity contribution is 7.08. The first kappa shape index (κ1) is 23.3. The summed E-state index contributed by atoms with van der Waals surface area (Å²) in [5.74, 6) is 1.50. The number of benzene rings is 1. The van der Waals surface area contributed by atoms with Gasteiger partial charge in [0.25, 0.3) is 5.91 Å². The van der Waals surface area contributed by atoms with Gasteiger partial charge in [0.2, 0.25) is 0 Å². The number of amides is 1. The molecule has 0 saturated carbocycles. The lowest BCUT2D eigenvalue weighted by Crippen LogP contribution is -2.23. The quantitative estimate of drug-likeness (QED) is 0.357. The number of hydrogen-bond donors (Lipinski definition) is 3. The summed E-state index contributed by atoms with van der Waals surface area (Å²) >= 11 is 1.58. The average Bonchev–Trinajstić information content (AvgIpc) is 3.46. The van der Waals surface area contributed by atoms with Crippen molar-refractivity contribution < 1.29 is 14.3 Å². The summed E-state index contributed by atoms with van der Waals surface area (Å²) in [6, 6.07) is 8.68. The maximum Gasteiger partial charge on any atom is 0.252 e. The monoisotopic (exact) mass is 474 g/mol. The first-order valence-corrected chi connectivity index (χ1v) is 10.4. The smallest absolute Gasteiger partial charge is 0.252 e. The van der Waals surface area contributed by atoms with E-state index < -0.39 is 5.91 Å². The van der Waals surface area contributed by atoms with E-state index in [1.165, 1.54) is 0 Å². The number of ether oxygens (including phenoxy) is 2. The fraction of sp³-hybridized carbons (Fsp3) is 0.190. The molecule has 1 aromatic carbocycles. The number of anilines is 1. The van der Waals surface area contributed by atoms with Crippen molar-refractivity contribution in [3.63, 3.8) is 0 Å². The van der Waals surface area contributed by atoms with Gasteiger partial charge in [0, 0.05) is 24.7 Å². The summed E-state index contributed by atoms with van der Waals surface area (Å²) in [5, 5.41) is 7.12. The minimum absolute atomic E-state index is 0. The topological polar surface area (TPSA) is 130 Å². The van der Waals surface area contributed by atoms with Crippen molar-refractivity contribution in [1.29, 1.82) is 0 Å². The van der Waals surface area contributed by atoms with Crippen LogP contribution in [0, 0.1) is 0 Å². The van der Waals surface area contributed by atoms with Crippen molar-refractivity contribution in [3.05, 3.63) is 58.5 Å². The zero-order valence-electron chi connectivity index (χ0n) is 17.4. The number of aromatic nitrogens is 3. The number of nitrogens with one attached hydrogen (secondary N) is 1. The molecular formula is C21H23ClN6O3S. The van der Waals surface area contributed by atoms with Gasteiger partial charge >= 0.3 is 0 Å². The van der Waals surface area contributed by atoms with Crippen LogP contribution < -0.4 is 26.3 Å². The van der Waals surface area contributed by atoms with Gasteiger partial charge < -0.3 is 26.3 Å². The van der Waals surface area contributed by atoms with Crippen molar-refractivity contribution in [2.45, 2.75) is 6.04 Å².